The van der Waals surface area contributed by atoms with E-state index in [1.54, 1.807) is 50.2 Å². The summed E-state index contributed by atoms with van der Waals surface area (Å²) in [7, 11) is 0. The molecule has 0 aliphatic rings. The average Bonchev–Trinajstić information content (AvgIpc) is 3.25. The molecular weight excluding hydrogens is 483 g/mol. The summed E-state index contributed by atoms with van der Waals surface area (Å²) in [5.41, 5.74) is -1.44. The van der Waals surface area contributed by atoms with Gasteiger partial charge in [-0.05, 0) is 37.4 Å². The van der Waals surface area contributed by atoms with Crippen molar-refractivity contribution in [2.45, 2.75) is 26.1 Å². The molecule has 2 N–H and O–H groups in total. The van der Waals surface area contributed by atoms with Crippen molar-refractivity contribution in [1.82, 2.24) is 20.1 Å². The molecule has 180 valence electrons. The number of nitrogens with one attached hydrogen (secondary N) is 2. The number of carbonyl (C=O) groups is 2. The molecule has 0 unspecified atom stereocenters. The van der Waals surface area contributed by atoms with Crippen molar-refractivity contribution < 1.29 is 22.8 Å². The molecule has 0 radical (unpaired) electrons. The third-order valence-electron chi connectivity index (χ3n) is 5.00. The van der Waals surface area contributed by atoms with E-state index < -0.39 is 29.4 Å². The van der Waals surface area contributed by atoms with Gasteiger partial charge in [0.05, 0.1) is 16.3 Å². The van der Waals surface area contributed by atoms with Gasteiger partial charge in [0, 0.05) is 23.7 Å². The standard InChI is InChI=1S/C24H19ClF3N5O2/c1-13(2)30-22(34)16-10-9-14-6-3-4-7-15(14)20(16)31-23(35)18-12-19(24(26,27)28)32-33(18)21-17(25)8-5-11-29-21/h3-13H,1-2H3,(H,30,34)(H,31,35). The minimum Gasteiger partial charge on any atom is -0.350 e. The van der Waals surface area contributed by atoms with Gasteiger partial charge in [-0.15, -0.1) is 0 Å². The maximum absolute atomic E-state index is 13.5. The third-order valence-corrected chi connectivity index (χ3v) is 5.30. The number of carbonyl (C=O) groups excluding carboxylic acids is 2. The molecule has 0 saturated heterocycles. The summed E-state index contributed by atoms with van der Waals surface area (Å²) in [6.07, 6.45) is -3.50. The molecule has 0 aliphatic carbocycles. The summed E-state index contributed by atoms with van der Waals surface area (Å²) in [6.45, 7) is 3.57. The lowest BCUT2D eigenvalue weighted by Crippen LogP contribution is -2.31. The molecule has 11 heteroatoms. The summed E-state index contributed by atoms with van der Waals surface area (Å²) in [5.74, 6) is -1.52. The van der Waals surface area contributed by atoms with E-state index in [1.807, 2.05) is 0 Å². The first kappa shape index (κ1) is 24.2. The molecule has 0 bridgehead atoms. The molecule has 0 saturated carbocycles. The van der Waals surface area contributed by atoms with Gasteiger partial charge in [-0.3, -0.25) is 9.59 Å². The van der Waals surface area contributed by atoms with Crippen molar-refractivity contribution in [2.24, 2.45) is 0 Å². The average molecular weight is 502 g/mol. The maximum atomic E-state index is 13.5. The van der Waals surface area contributed by atoms with E-state index in [2.05, 4.69) is 20.7 Å². The highest BCUT2D eigenvalue weighted by atomic mass is 35.5. The second-order valence-electron chi connectivity index (χ2n) is 7.92. The number of amides is 2. The lowest BCUT2D eigenvalue weighted by molar-refractivity contribution is -0.141. The van der Waals surface area contributed by atoms with E-state index >= 15 is 0 Å². The SMILES string of the molecule is CC(C)NC(=O)c1ccc2ccccc2c1NC(=O)c1cc(C(F)(F)F)nn1-c1ncccc1Cl. The van der Waals surface area contributed by atoms with Crippen molar-refractivity contribution in [3.8, 4) is 5.82 Å². The molecule has 35 heavy (non-hydrogen) atoms. The Balaban J connectivity index is 1.85. The normalized spacial score (nSPS) is 11.6. The minimum atomic E-state index is -4.82. The van der Waals surface area contributed by atoms with Crippen molar-refractivity contribution in [3.63, 3.8) is 0 Å². The topological polar surface area (TPSA) is 88.9 Å². The number of pyridine rings is 1. The van der Waals surface area contributed by atoms with Crippen LogP contribution >= 0.6 is 11.6 Å². The predicted molar refractivity (Wildman–Crippen MR) is 126 cm³/mol. The molecule has 2 heterocycles. The Bertz CT molecular complexity index is 1430. The Morgan fingerprint density at radius 2 is 1.77 bits per heavy atom. The zero-order valence-electron chi connectivity index (χ0n) is 18.5. The zero-order valence-corrected chi connectivity index (χ0v) is 19.3. The Morgan fingerprint density at radius 3 is 2.46 bits per heavy atom. The van der Waals surface area contributed by atoms with E-state index in [0.29, 0.717) is 11.5 Å². The molecule has 0 aliphatic heterocycles. The Labute approximate surface area is 202 Å². The number of rotatable bonds is 5. The highest BCUT2D eigenvalue weighted by Gasteiger charge is 2.36. The lowest BCUT2D eigenvalue weighted by Gasteiger charge is -2.16. The molecular formula is C24H19ClF3N5O2. The van der Waals surface area contributed by atoms with Crippen LogP contribution in [-0.4, -0.2) is 32.6 Å². The summed E-state index contributed by atoms with van der Waals surface area (Å²) >= 11 is 6.12. The Morgan fingerprint density at radius 1 is 1.03 bits per heavy atom. The van der Waals surface area contributed by atoms with Gasteiger partial charge >= 0.3 is 6.18 Å². The molecule has 0 spiro atoms. The van der Waals surface area contributed by atoms with Gasteiger partial charge in [-0.2, -0.15) is 18.3 Å². The maximum Gasteiger partial charge on any atom is 0.435 e. The van der Waals surface area contributed by atoms with Crippen molar-refractivity contribution >= 4 is 39.9 Å². The first-order chi connectivity index (χ1) is 16.6. The molecule has 4 rings (SSSR count). The predicted octanol–water partition coefficient (Wildman–Crippen LogP) is 5.48. The largest absolute Gasteiger partial charge is 0.435 e. The van der Waals surface area contributed by atoms with Crippen molar-refractivity contribution in [2.75, 3.05) is 5.32 Å². The monoisotopic (exact) mass is 501 g/mol. The molecule has 2 aromatic heterocycles. The van der Waals surface area contributed by atoms with E-state index in [-0.39, 0.29) is 28.1 Å². The van der Waals surface area contributed by atoms with Gasteiger partial charge < -0.3 is 10.6 Å². The Hall–Kier alpha value is -3.92. The molecule has 2 amide bonds. The fourth-order valence-corrected chi connectivity index (χ4v) is 3.69. The zero-order chi connectivity index (χ0) is 25.3. The van der Waals surface area contributed by atoms with E-state index in [0.717, 1.165) is 10.1 Å². The first-order valence-electron chi connectivity index (χ1n) is 10.5. The fourth-order valence-electron chi connectivity index (χ4n) is 3.49. The van der Waals surface area contributed by atoms with E-state index in [4.69, 9.17) is 11.6 Å². The van der Waals surface area contributed by atoms with Crippen molar-refractivity contribution in [3.05, 3.63) is 82.8 Å². The van der Waals surface area contributed by atoms with E-state index in [9.17, 15) is 22.8 Å². The number of anilines is 1. The number of hydrogen-bond acceptors (Lipinski definition) is 4. The highest BCUT2D eigenvalue weighted by molar-refractivity contribution is 6.32. The molecule has 4 aromatic rings. The fraction of sp³-hybridized carbons (Fsp3) is 0.167. The number of nitrogens with zero attached hydrogens (tertiary/aromatic N) is 3. The minimum absolute atomic E-state index is 0.000496. The van der Waals surface area contributed by atoms with Crippen LogP contribution in [0.15, 0.2) is 60.8 Å². The van der Waals surface area contributed by atoms with Gasteiger partial charge in [0.25, 0.3) is 11.8 Å². The molecule has 0 atom stereocenters. The third kappa shape index (κ3) is 4.97. The van der Waals surface area contributed by atoms with Gasteiger partial charge in [0.15, 0.2) is 11.5 Å². The van der Waals surface area contributed by atoms with Crippen LogP contribution in [0.1, 0.15) is 40.4 Å². The number of halogens is 4. The Kier molecular flexibility index (Phi) is 6.49. The number of hydrogen-bond donors (Lipinski definition) is 2. The second-order valence-corrected chi connectivity index (χ2v) is 8.33. The van der Waals surface area contributed by atoms with Crippen LogP contribution in [0.3, 0.4) is 0 Å². The van der Waals surface area contributed by atoms with Crippen LogP contribution < -0.4 is 10.6 Å². The van der Waals surface area contributed by atoms with Gasteiger partial charge in [0.1, 0.15) is 5.69 Å². The van der Waals surface area contributed by atoms with Crippen molar-refractivity contribution in [1.29, 1.82) is 0 Å². The molecule has 0 fully saturated rings. The number of alkyl halides is 3. The second kappa shape index (κ2) is 9.38. The van der Waals surface area contributed by atoms with Gasteiger partial charge in [-0.25, -0.2) is 9.67 Å². The highest BCUT2D eigenvalue weighted by Crippen LogP contribution is 2.32. The smallest absolute Gasteiger partial charge is 0.350 e. The van der Waals surface area contributed by atoms with Crippen LogP contribution in [0.25, 0.3) is 16.6 Å². The van der Waals surface area contributed by atoms with E-state index in [1.165, 1.54) is 18.3 Å². The summed E-state index contributed by atoms with van der Waals surface area (Å²) in [4.78, 5) is 30.2. The lowest BCUT2D eigenvalue weighted by atomic mass is 10.0. The number of fused-ring (bicyclic) bond motifs is 1. The molecule has 2 aromatic carbocycles. The summed E-state index contributed by atoms with van der Waals surface area (Å²) in [5, 5.41) is 10.2. The first-order valence-corrected chi connectivity index (χ1v) is 10.9. The molecule has 7 nitrogen and oxygen atoms in total. The quantitative estimate of drug-likeness (QED) is 0.379. The van der Waals surface area contributed by atoms with Crippen LogP contribution in [-0.2, 0) is 6.18 Å². The van der Waals surface area contributed by atoms with Crippen LogP contribution in [0.2, 0.25) is 5.02 Å². The summed E-state index contributed by atoms with van der Waals surface area (Å²) in [6, 6.07) is 13.6. The summed E-state index contributed by atoms with van der Waals surface area (Å²) < 4.78 is 41.2. The van der Waals surface area contributed by atoms with Crippen LogP contribution in [0.5, 0.6) is 0 Å². The van der Waals surface area contributed by atoms with Gasteiger partial charge in [0.2, 0.25) is 0 Å². The van der Waals surface area contributed by atoms with Crippen LogP contribution in [0.4, 0.5) is 18.9 Å². The van der Waals surface area contributed by atoms with Gasteiger partial charge in [-0.1, -0.05) is 41.9 Å². The van der Waals surface area contributed by atoms with Crippen LogP contribution in [0, 0.1) is 0 Å². The number of aromatic nitrogens is 3. The number of benzene rings is 2.